The number of anilines is 2. The van der Waals surface area contributed by atoms with Gasteiger partial charge in [0.2, 0.25) is 5.91 Å². The van der Waals surface area contributed by atoms with Crippen molar-refractivity contribution in [3.63, 3.8) is 0 Å². The molecule has 2 aromatic carbocycles. The number of hydrogen-bond donors (Lipinski definition) is 3. The van der Waals surface area contributed by atoms with Gasteiger partial charge in [0.25, 0.3) is 11.8 Å². The van der Waals surface area contributed by atoms with Crippen LogP contribution in [0, 0.1) is 22.7 Å². The van der Waals surface area contributed by atoms with Crippen LogP contribution in [-0.2, 0) is 22.4 Å². The van der Waals surface area contributed by atoms with E-state index >= 15 is 0 Å². The highest BCUT2D eigenvalue weighted by atomic mass is 32.2. The number of aromatic nitrogens is 1. The molecule has 1 atom stereocenters. The van der Waals surface area contributed by atoms with Crippen molar-refractivity contribution in [3.05, 3.63) is 112 Å². The number of thioether (sulfide) groups is 1. The van der Waals surface area contributed by atoms with Gasteiger partial charge in [-0.25, -0.2) is 0 Å². The van der Waals surface area contributed by atoms with Crippen molar-refractivity contribution in [1.29, 1.82) is 5.26 Å². The Balaban J connectivity index is 1.23. The largest absolute Gasteiger partial charge is 0.321 e. The first kappa shape index (κ1) is 32.7. The van der Waals surface area contributed by atoms with Gasteiger partial charge in [0.1, 0.15) is 16.8 Å². The second kappa shape index (κ2) is 14.6. The van der Waals surface area contributed by atoms with Gasteiger partial charge in [-0.3, -0.25) is 19.4 Å². The molecule has 0 radical (unpaired) electrons. The maximum absolute atomic E-state index is 13.4. The van der Waals surface area contributed by atoms with Gasteiger partial charge in [-0.15, -0.1) is 23.1 Å². The predicted molar refractivity (Wildman–Crippen MR) is 185 cm³/mol. The molecule has 234 valence electrons. The summed E-state index contributed by atoms with van der Waals surface area (Å²) in [5.74, 6) is -0.450. The van der Waals surface area contributed by atoms with Gasteiger partial charge in [0.15, 0.2) is 0 Å². The Morgan fingerprint density at radius 2 is 1.87 bits per heavy atom. The summed E-state index contributed by atoms with van der Waals surface area (Å²) in [6.07, 6.45) is 7.61. The summed E-state index contributed by atoms with van der Waals surface area (Å²) in [5, 5.41) is 19.0. The maximum atomic E-state index is 13.4. The summed E-state index contributed by atoms with van der Waals surface area (Å²) in [7, 11) is 0. The molecule has 0 saturated heterocycles. The third-order valence-corrected chi connectivity index (χ3v) is 10.0. The normalized spacial score (nSPS) is 14.5. The number of thiophene rings is 1. The van der Waals surface area contributed by atoms with E-state index in [-0.39, 0.29) is 22.8 Å². The first-order valence-corrected chi connectivity index (χ1v) is 16.8. The zero-order valence-corrected chi connectivity index (χ0v) is 27.6. The lowest BCUT2D eigenvalue weighted by Gasteiger charge is -2.33. The fraction of sp³-hybridized carbons (Fsp3) is 0.250. The highest BCUT2D eigenvalue weighted by Gasteiger charge is 2.32. The van der Waals surface area contributed by atoms with Crippen molar-refractivity contribution in [1.82, 2.24) is 10.3 Å². The van der Waals surface area contributed by atoms with Crippen LogP contribution in [0.4, 0.5) is 10.7 Å². The quantitative estimate of drug-likeness (QED) is 0.129. The molecule has 0 bridgehead atoms. The van der Waals surface area contributed by atoms with Crippen molar-refractivity contribution < 1.29 is 14.4 Å². The molecule has 0 fully saturated rings. The number of nitrogens with zero attached hydrogens (tertiary/aromatic N) is 2. The SMILES string of the molecule is CC(C)(C)C1CCc2c(sc(NC(=O)CSc3cccc(NC(=O)/C(=C/c4cccnc4)NC(=O)c4ccccc4)c3)c2C#N)C1. The Hall–Kier alpha value is -4.72. The van der Waals surface area contributed by atoms with E-state index in [2.05, 4.69) is 47.8 Å². The first-order valence-electron chi connectivity index (χ1n) is 15.0. The summed E-state index contributed by atoms with van der Waals surface area (Å²) in [6.45, 7) is 6.76. The van der Waals surface area contributed by atoms with Crippen LogP contribution >= 0.6 is 23.1 Å². The number of nitriles is 1. The van der Waals surface area contributed by atoms with Gasteiger partial charge in [0.05, 0.1) is 11.3 Å². The second-order valence-electron chi connectivity index (χ2n) is 12.1. The molecule has 2 heterocycles. The van der Waals surface area contributed by atoms with E-state index in [9.17, 15) is 19.6 Å². The number of nitrogens with one attached hydrogen (secondary N) is 3. The predicted octanol–water partition coefficient (Wildman–Crippen LogP) is 7.31. The molecule has 3 N–H and O–H groups in total. The Morgan fingerprint density at radius 1 is 1.07 bits per heavy atom. The van der Waals surface area contributed by atoms with Crippen LogP contribution in [0.1, 0.15) is 59.1 Å². The third kappa shape index (κ3) is 8.30. The van der Waals surface area contributed by atoms with Gasteiger partial charge in [-0.2, -0.15) is 5.26 Å². The van der Waals surface area contributed by atoms with Crippen molar-refractivity contribution >= 4 is 57.6 Å². The minimum atomic E-state index is -0.507. The van der Waals surface area contributed by atoms with Crippen molar-refractivity contribution in [2.24, 2.45) is 11.3 Å². The van der Waals surface area contributed by atoms with Gasteiger partial charge in [-0.05, 0) is 84.2 Å². The van der Waals surface area contributed by atoms with E-state index in [1.165, 1.54) is 28.0 Å². The molecule has 1 unspecified atom stereocenters. The van der Waals surface area contributed by atoms with E-state index in [0.717, 1.165) is 29.7 Å². The minimum Gasteiger partial charge on any atom is -0.321 e. The topological polar surface area (TPSA) is 124 Å². The molecule has 5 rings (SSSR count). The number of amides is 3. The number of carbonyl (C=O) groups excluding carboxylic acids is 3. The highest BCUT2D eigenvalue weighted by molar-refractivity contribution is 8.00. The Bertz CT molecular complexity index is 1800. The molecule has 0 spiro atoms. The second-order valence-corrected chi connectivity index (χ2v) is 14.3. The van der Waals surface area contributed by atoms with Crippen LogP contribution in [0.3, 0.4) is 0 Å². The molecule has 46 heavy (non-hydrogen) atoms. The van der Waals surface area contributed by atoms with Crippen LogP contribution in [0.15, 0.2) is 89.7 Å². The van der Waals surface area contributed by atoms with Crippen LogP contribution in [0.25, 0.3) is 6.08 Å². The summed E-state index contributed by atoms with van der Waals surface area (Å²) in [6, 6.07) is 21.7. The van der Waals surface area contributed by atoms with Gasteiger partial charge < -0.3 is 16.0 Å². The molecule has 1 aliphatic rings. The monoisotopic (exact) mass is 649 g/mol. The lowest BCUT2D eigenvalue weighted by Crippen LogP contribution is -2.30. The molecular formula is C36H35N5O3S2. The standard InChI is InChI=1S/C36H35N5O3S2/c1-36(2,3)25-14-15-28-29(20-37)35(46-31(28)18-25)41-32(42)22-45-27-13-7-12-26(19-27)39-34(44)30(17-23-9-8-16-38-21-23)40-33(43)24-10-5-4-6-11-24/h4-13,16-17,19,21,25H,14-15,18,22H2,1-3H3,(H,39,44)(H,40,43)(H,41,42)/b30-17-. The number of benzene rings is 2. The lowest BCUT2D eigenvalue weighted by atomic mass is 9.72. The fourth-order valence-electron chi connectivity index (χ4n) is 5.28. The number of hydrogen-bond acceptors (Lipinski definition) is 7. The van der Waals surface area contributed by atoms with Gasteiger partial charge in [-0.1, -0.05) is 51.1 Å². The zero-order valence-electron chi connectivity index (χ0n) is 25.9. The van der Waals surface area contributed by atoms with Crippen molar-refractivity contribution in [3.8, 4) is 6.07 Å². The number of pyridine rings is 1. The third-order valence-electron chi connectivity index (χ3n) is 7.84. The summed E-state index contributed by atoms with van der Waals surface area (Å²) in [4.78, 5) is 45.3. The molecule has 0 aliphatic heterocycles. The zero-order chi connectivity index (χ0) is 32.7. The van der Waals surface area contributed by atoms with Gasteiger partial charge in [0, 0.05) is 33.4 Å². The molecular weight excluding hydrogens is 615 g/mol. The minimum absolute atomic E-state index is 0.0556. The van der Waals surface area contributed by atoms with E-state index in [1.54, 1.807) is 73.1 Å². The fourth-order valence-corrected chi connectivity index (χ4v) is 7.32. The summed E-state index contributed by atoms with van der Waals surface area (Å²) in [5.41, 5.74) is 3.49. The van der Waals surface area contributed by atoms with Crippen molar-refractivity contribution in [2.75, 3.05) is 16.4 Å². The molecule has 1 aliphatic carbocycles. The van der Waals surface area contributed by atoms with Crippen LogP contribution in [-0.4, -0.2) is 28.5 Å². The maximum Gasteiger partial charge on any atom is 0.272 e. The molecule has 10 heteroatoms. The Morgan fingerprint density at radius 3 is 2.59 bits per heavy atom. The number of rotatable bonds is 9. The van der Waals surface area contributed by atoms with Crippen molar-refractivity contribution in [2.45, 2.75) is 44.9 Å². The molecule has 4 aromatic rings. The van der Waals surface area contributed by atoms with Crippen LogP contribution in [0.5, 0.6) is 0 Å². The average molecular weight is 650 g/mol. The van der Waals surface area contributed by atoms with E-state index < -0.39 is 11.8 Å². The first-order chi connectivity index (χ1) is 22.1. The average Bonchev–Trinajstić information content (AvgIpc) is 3.40. The molecule has 8 nitrogen and oxygen atoms in total. The number of carbonyl (C=O) groups is 3. The smallest absolute Gasteiger partial charge is 0.272 e. The van der Waals surface area contributed by atoms with E-state index in [4.69, 9.17) is 0 Å². The summed E-state index contributed by atoms with van der Waals surface area (Å²) >= 11 is 2.85. The highest BCUT2D eigenvalue weighted by Crippen LogP contribution is 2.44. The van der Waals surface area contributed by atoms with E-state index in [0.29, 0.717) is 33.3 Å². The molecule has 3 amide bonds. The van der Waals surface area contributed by atoms with E-state index in [1.807, 2.05) is 12.1 Å². The Kier molecular flexibility index (Phi) is 10.4. The summed E-state index contributed by atoms with van der Waals surface area (Å²) < 4.78 is 0. The van der Waals surface area contributed by atoms with Gasteiger partial charge >= 0.3 is 0 Å². The number of fused-ring (bicyclic) bond motifs is 1. The van der Waals surface area contributed by atoms with Crippen LogP contribution < -0.4 is 16.0 Å². The Labute approximate surface area is 277 Å². The molecule has 2 aromatic heterocycles. The van der Waals surface area contributed by atoms with Crippen LogP contribution in [0.2, 0.25) is 0 Å². The molecule has 0 saturated carbocycles. The lowest BCUT2D eigenvalue weighted by molar-refractivity contribution is -0.114.